The zero-order valence-corrected chi connectivity index (χ0v) is 16.6. The number of likely N-dealkylation sites (tertiary alicyclic amines) is 1. The van der Waals surface area contributed by atoms with E-state index in [0.29, 0.717) is 30.7 Å². The number of fused-ring (bicyclic) bond motifs is 2. The summed E-state index contributed by atoms with van der Waals surface area (Å²) in [5, 5.41) is 0. The van der Waals surface area contributed by atoms with Crippen LogP contribution < -0.4 is 4.74 Å². The van der Waals surface area contributed by atoms with Gasteiger partial charge in [0, 0.05) is 31.2 Å². The van der Waals surface area contributed by atoms with E-state index in [1.54, 1.807) is 7.11 Å². The Hall–Kier alpha value is -1.75. The molecular weight excluding hydrogens is 340 g/mol. The Labute approximate surface area is 162 Å². The minimum absolute atomic E-state index is 0.145. The number of amides is 1. The fraction of sp³-hybridized carbons (Fsp3) is 0.682. The summed E-state index contributed by atoms with van der Waals surface area (Å²) in [7, 11) is 1.78. The Morgan fingerprint density at radius 3 is 2.33 bits per heavy atom. The number of rotatable bonds is 4. The average molecular weight is 373 g/mol. The van der Waals surface area contributed by atoms with E-state index in [-0.39, 0.29) is 6.09 Å². The first-order valence-electron chi connectivity index (χ1n) is 10.5. The highest BCUT2D eigenvalue weighted by molar-refractivity contribution is 5.67. The summed E-state index contributed by atoms with van der Waals surface area (Å²) in [6.07, 6.45) is 7.09. The number of hydrogen-bond acceptors (Lipinski definition) is 4. The van der Waals surface area contributed by atoms with Crippen molar-refractivity contribution in [1.82, 2.24) is 9.80 Å². The lowest BCUT2D eigenvalue weighted by Gasteiger charge is -2.46. The molecule has 0 N–H and O–H groups in total. The van der Waals surface area contributed by atoms with Gasteiger partial charge in [0.05, 0.1) is 13.7 Å². The van der Waals surface area contributed by atoms with Crippen molar-refractivity contribution in [3.05, 3.63) is 29.8 Å². The molecule has 1 amide bonds. The molecule has 0 spiro atoms. The molecule has 27 heavy (non-hydrogen) atoms. The van der Waals surface area contributed by atoms with Crippen LogP contribution in [0.4, 0.5) is 4.79 Å². The first-order chi connectivity index (χ1) is 13.2. The summed E-state index contributed by atoms with van der Waals surface area (Å²) in [5.41, 5.74) is 1.38. The van der Waals surface area contributed by atoms with Crippen molar-refractivity contribution in [2.24, 2.45) is 0 Å². The van der Waals surface area contributed by atoms with Crippen LogP contribution in [0.25, 0.3) is 0 Å². The van der Waals surface area contributed by atoms with Gasteiger partial charge in [-0.2, -0.15) is 0 Å². The van der Waals surface area contributed by atoms with E-state index in [0.717, 1.165) is 31.7 Å². The van der Waals surface area contributed by atoms with Crippen LogP contribution in [0.3, 0.4) is 0 Å². The zero-order chi connectivity index (χ0) is 18.8. The maximum atomic E-state index is 12.0. The minimum Gasteiger partial charge on any atom is -0.496 e. The molecule has 0 aromatic heterocycles. The van der Waals surface area contributed by atoms with Crippen LogP contribution in [0.1, 0.15) is 56.9 Å². The third-order valence-corrected chi connectivity index (χ3v) is 6.78. The SMILES string of the molecule is CCOC(=O)N1CCC(N2C3CCC2CC(c2ccccc2OC)C3)CC1. The molecule has 5 heteroatoms. The van der Waals surface area contributed by atoms with Crippen molar-refractivity contribution >= 4 is 6.09 Å². The van der Waals surface area contributed by atoms with Gasteiger partial charge in [-0.25, -0.2) is 4.79 Å². The maximum Gasteiger partial charge on any atom is 0.409 e. The fourth-order valence-corrected chi connectivity index (χ4v) is 5.63. The molecule has 3 heterocycles. The molecule has 3 aliphatic heterocycles. The predicted octanol–water partition coefficient (Wildman–Crippen LogP) is 4.03. The summed E-state index contributed by atoms with van der Waals surface area (Å²) in [4.78, 5) is 16.7. The molecule has 5 nitrogen and oxygen atoms in total. The van der Waals surface area contributed by atoms with E-state index in [4.69, 9.17) is 9.47 Å². The molecule has 0 radical (unpaired) electrons. The van der Waals surface area contributed by atoms with Gasteiger partial charge in [0.2, 0.25) is 0 Å². The van der Waals surface area contributed by atoms with Crippen LogP contribution in [0.2, 0.25) is 0 Å². The number of carbonyl (C=O) groups excluding carboxylic acids is 1. The van der Waals surface area contributed by atoms with Crippen LogP contribution >= 0.6 is 0 Å². The van der Waals surface area contributed by atoms with Crippen molar-refractivity contribution in [2.45, 2.75) is 69.5 Å². The standard InChI is InChI=1S/C22H32N2O3/c1-3-27-22(25)23-12-10-17(11-13-23)24-18-8-9-19(24)15-16(14-18)20-6-4-5-7-21(20)26-2/h4-7,16-19H,3,8-15H2,1-2H3. The normalized spacial score (nSPS) is 29.0. The number of piperidine rings is 2. The monoisotopic (exact) mass is 372 g/mol. The topological polar surface area (TPSA) is 42.0 Å². The molecule has 2 bridgehead atoms. The van der Waals surface area contributed by atoms with Crippen LogP contribution in [-0.2, 0) is 4.74 Å². The van der Waals surface area contributed by atoms with Crippen LogP contribution in [0.5, 0.6) is 5.75 Å². The highest BCUT2D eigenvalue weighted by atomic mass is 16.6. The van der Waals surface area contributed by atoms with Crippen molar-refractivity contribution in [3.63, 3.8) is 0 Å². The molecule has 3 aliphatic rings. The number of methoxy groups -OCH3 is 1. The molecule has 148 valence electrons. The quantitative estimate of drug-likeness (QED) is 0.800. The maximum absolute atomic E-state index is 12.0. The average Bonchev–Trinajstić information content (AvgIpc) is 2.97. The Morgan fingerprint density at radius 1 is 1.04 bits per heavy atom. The van der Waals surface area contributed by atoms with Crippen molar-refractivity contribution in [1.29, 1.82) is 0 Å². The van der Waals surface area contributed by atoms with E-state index in [1.165, 1.54) is 31.2 Å². The first-order valence-corrected chi connectivity index (χ1v) is 10.5. The van der Waals surface area contributed by atoms with E-state index in [2.05, 4.69) is 29.2 Å². The Kier molecular flexibility index (Phi) is 5.58. The lowest BCUT2D eigenvalue weighted by molar-refractivity contribution is 0.0329. The lowest BCUT2D eigenvalue weighted by atomic mass is 9.83. The molecule has 1 aromatic carbocycles. The number of para-hydroxylation sites is 1. The molecule has 0 aliphatic carbocycles. The fourth-order valence-electron chi connectivity index (χ4n) is 5.63. The molecule has 2 atom stereocenters. The summed E-state index contributed by atoms with van der Waals surface area (Å²) in [5.74, 6) is 1.65. The molecule has 1 aromatic rings. The molecular formula is C22H32N2O3. The third kappa shape index (κ3) is 3.66. The molecule has 3 saturated heterocycles. The summed E-state index contributed by atoms with van der Waals surface area (Å²) >= 11 is 0. The summed E-state index contributed by atoms with van der Waals surface area (Å²) < 4.78 is 10.8. The van der Waals surface area contributed by atoms with Gasteiger partial charge >= 0.3 is 6.09 Å². The van der Waals surface area contributed by atoms with Gasteiger partial charge in [-0.1, -0.05) is 18.2 Å². The van der Waals surface area contributed by atoms with Gasteiger partial charge in [-0.05, 0) is 63.0 Å². The van der Waals surface area contributed by atoms with Crippen molar-refractivity contribution in [3.8, 4) is 5.75 Å². The lowest BCUT2D eigenvalue weighted by Crippen LogP contribution is -2.53. The van der Waals surface area contributed by atoms with Crippen LogP contribution in [0, 0.1) is 0 Å². The summed E-state index contributed by atoms with van der Waals surface area (Å²) in [6.45, 7) is 3.98. The van der Waals surface area contributed by atoms with Gasteiger partial charge in [-0.3, -0.25) is 4.90 Å². The molecule has 4 rings (SSSR count). The second-order valence-corrected chi connectivity index (χ2v) is 8.16. The predicted molar refractivity (Wildman–Crippen MR) is 105 cm³/mol. The smallest absolute Gasteiger partial charge is 0.409 e. The van der Waals surface area contributed by atoms with E-state index in [9.17, 15) is 4.79 Å². The number of carbonyl (C=O) groups is 1. The van der Waals surface area contributed by atoms with Crippen molar-refractivity contribution < 1.29 is 14.3 Å². The molecule has 0 saturated carbocycles. The van der Waals surface area contributed by atoms with Gasteiger partial charge in [0.15, 0.2) is 0 Å². The van der Waals surface area contributed by atoms with Gasteiger partial charge in [0.1, 0.15) is 5.75 Å². The van der Waals surface area contributed by atoms with Crippen LogP contribution in [0.15, 0.2) is 24.3 Å². The second-order valence-electron chi connectivity index (χ2n) is 8.16. The zero-order valence-electron chi connectivity index (χ0n) is 16.6. The van der Waals surface area contributed by atoms with E-state index < -0.39 is 0 Å². The summed E-state index contributed by atoms with van der Waals surface area (Å²) in [6, 6.07) is 10.5. The molecule has 2 unspecified atom stereocenters. The van der Waals surface area contributed by atoms with Gasteiger partial charge in [0.25, 0.3) is 0 Å². The van der Waals surface area contributed by atoms with Crippen molar-refractivity contribution in [2.75, 3.05) is 26.8 Å². The van der Waals surface area contributed by atoms with E-state index in [1.807, 2.05) is 11.8 Å². The number of benzene rings is 1. The highest BCUT2D eigenvalue weighted by Crippen LogP contribution is 2.46. The Bertz CT molecular complexity index is 643. The number of hydrogen-bond donors (Lipinski definition) is 0. The van der Waals surface area contributed by atoms with E-state index >= 15 is 0 Å². The highest BCUT2D eigenvalue weighted by Gasteiger charge is 2.45. The second kappa shape index (κ2) is 8.09. The Balaban J connectivity index is 1.40. The minimum atomic E-state index is -0.145. The number of nitrogens with zero attached hydrogens (tertiary/aromatic N) is 2. The molecule has 3 fully saturated rings. The van der Waals surface area contributed by atoms with Gasteiger partial charge < -0.3 is 14.4 Å². The third-order valence-electron chi connectivity index (χ3n) is 6.78. The van der Waals surface area contributed by atoms with Gasteiger partial charge in [-0.15, -0.1) is 0 Å². The Morgan fingerprint density at radius 2 is 1.70 bits per heavy atom. The first kappa shape index (κ1) is 18.6. The largest absolute Gasteiger partial charge is 0.496 e. The number of ether oxygens (including phenoxy) is 2. The van der Waals surface area contributed by atoms with Crippen LogP contribution in [-0.4, -0.2) is 60.8 Å².